The zero-order valence-corrected chi connectivity index (χ0v) is 15.2. The van der Waals surface area contributed by atoms with E-state index in [2.05, 4.69) is 48.5 Å². The number of thiol groups is 3. The van der Waals surface area contributed by atoms with Crippen LogP contribution in [0.1, 0.15) is 0 Å². The van der Waals surface area contributed by atoms with E-state index in [9.17, 15) is 14.4 Å². The second-order valence-electron chi connectivity index (χ2n) is 3.68. The van der Waals surface area contributed by atoms with Crippen LogP contribution in [0.15, 0.2) is 0 Å². The molecule has 4 atom stereocenters. The number of nitrogens with one attached hydrogen (secondary N) is 2. The molecular formula is C9H18AsN3O3S3. The van der Waals surface area contributed by atoms with E-state index in [1.165, 1.54) is 16.9 Å². The predicted octanol–water partition coefficient (Wildman–Crippen LogP) is -2.35. The fourth-order valence-corrected chi connectivity index (χ4v) is 1.93. The number of hydrogen-bond donors (Lipinski definition) is 6. The van der Waals surface area contributed by atoms with Crippen molar-refractivity contribution in [2.45, 2.75) is 16.8 Å². The Bertz CT molecular complexity index is 346. The summed E-state index contributed by atoms with van der Waals surface area (Å²) < 4.78 is -0.261. The minimum atomic E-state index is -0.873. The molecule has 0 aromatic heterocycles. The first kappa shape index (κ1) is 19.0. The van der Waals surface area contributed by atoms with Crippen LogP contribution >= 0.6 is 37.9 Å². The topological polar surface area (TPSA) is 101 Å². The van der Waals surface area contributed by atoms with Gasteiger partial charge in [0.2, 0.25) is 0 Å². The van der Waals surface area contributed by atoms with E-state index >= 15 is 0 Å². The molecule has 110 valence electrons. The normalized spacial score (nSPS) is 15.2. The summed E-state index contributed by atoms with van der Waals surface area (Å²) in [6, 6.07) is -1.70. The molecule has 0 bridgehead atoms. The molecule has 0 saturated heterocycles. The molecule has 0 aromatic carbocycles. The zero-order chi connectivity index (χ0) is 15.0. The minimum absolute atomic E-state index is 0.0878. The molecule has 10 heteroatoms. The van der Waals surface area contributed by atoms with Gasteiger partial charge in [-0.05, 0) is 0 Å². The summed E-state index contributed by atoms with van der Waals surface area (Å²) >= 11 is 13.2. The fraction of sp³-hybridized carbons (Fsp3) is 0.667. The summed E-state index contributed by atoms with van der Waals surface area (Å²) in [6.07, 6.45) is 0. The molecule has 0 aliphatic rings. The molecule has 0 fully saturated rings. The molecule has 0 aliphatic carbocycles. The SMILES string of the molecule is NC(=O)C(CS)NC(=O)C(CS)NC(=O)C([AsH2])CS. The molecule has 0 aliphatic heterocycles. The molecule has 19 heavy (non-hydrogen) atoms. The van der Waals surface area contributed by atoms with Gasteiger partial charge in [-0.15, -0.1) is 0 Å². The second-order valence-corrected chi connectivity index (χ2v) is 6.46. The Hall–Kier alpha value is 0.0184. The second kappa shape index (κ2) is 9.85. The van der Waals surface area contributed by atoms with Crippen LogP contribution in [0.3, 0.4) is 0 Å². The first-order chi connectivity index (χ1) is 8.87. The van der Waals surface area contributed by atoms with Gasteiger partial charge in [-0.25, -0.2) is 0 Å². The van der Waals surface area contributed by atoms with E-state index in [1.807, 2.05) is 0 Å². The van der Waals surface area contributed by atoms with Gasteiger partial charge in [0.25, 0.3) is 0 Å². The Morgan fingerprint density at radius 2 is 1.42 bits per heavy atom. The van der Waals surface area contributed by atoms with E-state index in [1.54, 1.807) is 0 Å². The van der Waals surface area contributed by atoms with E-state index in [-0.39, 0.29) is 22.1 Å². The summed E-state index contributed by atoms with van der Waals surface area (Å²) in [5.74, 6) is -0.870. The average Bonchev–Trinajstić information content (AvgIpc) is 2.39. The van der Waals surface area contributed by atoms with Crippen LogP contribution in [0, 0.1) is 0 Å². The molecule has 0 aromatic rings. The molecule has 0 saturated carbocycles. The summed E-state index contributed by atoms with van der Waals surface area (Å²) in [5.41, 5.74) is 5.09. The molecule has 0 radical (unpaired) electrons. The van der Waals surface area contributed by atoms with Gasteiger partial charge in [0.15, 0.2) is 0 Å². The first-order valence-electron chi connectivity index (χ1n) is 5.35. The number of carbonyl (C=O) groups is 3. The van der Waals surface area contributed by atoms with Gasteiger partial charge in [0.05, 0.1) is 0 Å². The van der Waals surface area contributed by atoms with Gasteiger partial charge in [0.1, 0.15) is 0 Å². The van der Waals surface area contributed by atoms with E-state index in [0.29, 0.717) is 5.75 Å². The van der Waals surface area contributed by atoms with Gasteiger partial charge in [-0.3, -0.25) is 0 Å². The third-order valence-corrected chi connectivity index (χ3v) is 5.28. The average molecular weight is 387 g/mol. The van der Waals surface area contributed by atoms with E-state index in [4.69, 9.17) is 5.73 Å². The van der Waals surface area contributed by atoms with Crippen molar-refractivity contribution >= 4 is 72.5 Å². The molecular weight excluding hydrogens is 369 g/mol. The number of amides is 3. The summed E-state index contributed by atoms with van der Waals surface area (Å²) in [5, 5.41) is 4.96. The molecule has 0 spiro atoms. The van der Waals surface area contributed by atoms with Gasteiger partial charge in [-0.2, -0.15) is 0 Å². The number of nitrogens with two attached hydrogens (primary N) is 1. The van der Waals surface area contributed by atoms with E-state index in [0.717, 1.165) is 0 Å². The summed E-state index contributed by atoms with van der Waals surface area (Å²) in [7, 11) is 0. The Balaban J connectivity index is 4.56. The van der Waals surface area contributed by atoms with Crippen molar-refractivity contribution in [2.75, 3.05) is 17.3 Å². The van der Waals surface area contributed by atoms with Crippen LogP contribution in [-0.4, -0.2) is 63.9 Å². The molecule has 4 N–H and O–H groups in total. The molecule has 0 heterocycles. The summed E-state index contributed by atoms with van der Waals surface area (Å²) in [4.78, 5) is 34.5. The maximum atomic E-state index is 11.9. The van der Waals surface area contributed by atoms with Gasteiger partial charge >= 0.3 is 137 Å². The number of primary amides is 1. The van der Waals surface area contributed by atoms with Crippen molar-refractivity contribution in [3.8, 4) is 0 Å². The number of hydrogen-bond acceptors (Lipinski definition) is 6. The fourth-order valence-electron chi connectivity index (χ4n) is 1.03. The van der Waals surface area contributed by atoms with E-state index < -0.39 is 23.9 Å². The van der Waals surface area contributed by atoms with Crippen LogP contribution in [0.5, 0.6) is 0 Å². The van der Waals surface area contributed by atoms with Crippen molar-refractivity contribution in [1.29, 1.82) is 0 Å². The van der Waals surface area contributed by atoms with Crippen LogP contribution < -0.4 is 16.4 Å². The molecule has 3 amide bonds. The molecule has 4 unspecified atom stereocenters. The Morgan fingerprint density at radius 3 is 1.79 bits per heavy atom. The van der Waals surface area contributed by atoms with Crippen molar-refractivity contribution < 1.29 is 14.4 Å². The van der Waals surface area contributed by atoms with Crippen LogP contribution in [-0.2, 0) is 14.4 Å². The van der Waals surface area contributed by atoms with Gasteiger partial charge in [-0.1, -0.05) is 0 Å². The van der Waals surface area contributed by atoms with Crippen LogP contribution in [0.4, 0.5) is 0 Å². The number of carbonyl (C=O) groups excluding carboxylic acids is 3. The zero-order valence-electron chi connectivity index (χ0n) is 10.1. The first-order valence-corrected chi connectivity index (χ1v) is 8.65. The predicted molar refractivity (Wildman–Crippen MR) is 86.9 cm³/mol. The Kier molecular flexibility index (Phi) is 9.86. The van der Waals surface area contributed by atoms with Crippen LogP contribution in [0.25, 0.3) is 0 Å². The van der Waals surface area contributed by atoms with Crippen molar-refractivity contribution in [3.63, 3.8) is 0 Å². The monoisotopic (exact) mass is 387 g/mol. The van der Waals surface area contributed by atoms with Gasteiger partial charge in [0, 0.05) is 0 Å². The Labute approximate surface area is 137 Å². The standard InChI is InChI=1S/C9H18AsN3O3S3/c10-4(1-17)8(15)13-6(3-19)9(16)12-5(2-18)7(11)14/h4-6,17-19H,1-3,10H2,(H2,11,14)(H,12,16)(H,13,15). The molecule has 6 nitrogen and oxygen atoms in total. The van der Waals surface area contributed by atoms with Gasteiger partial charge < -0.3 is 0 Å². The van der Waals surface area contributed by atoms with Crippen LogP contribution in [0.2, 0.25) is 4.71 Å². The third kappa shape index (κ3) is 6.83. The van der Waals surface area contributed by atoms with Crippen molar-refractivity contribution in [3.05, 3.63) is 0 Å². The summed E-state index contributed by atoms with van der Waals surface area (Å²) in [6.45, 7) is 0. The third-order valence-electron chi connectivity index (χ3n) is 2.19. The molecule has 0 rings (SSSR count). The Morgan fingerprint density at radius 1 is 0.947 bits per heavy atom. The number of rotatable bonds is 8. The van der Waals surface area contributed by atoms with Crippen molar-refractivity contribution in [1.82, 2.24) is 10.6 Å². The quantitative estimate of drug-likeness (QED) is 0.208. The maximum absolute atomic E-state index is 11.9. The van der Waals surface area contributed by atoms with Crippen molar-refractivity contribution in [2.24, 2.45) is 5.73 Å².